The number of halogens is 3. The molecule has 4 heteroatoms. The van der Waals surface area contributed by atoms with Crippen LogP contribution in [0.2, 0.25) is 5.02 Å². The van der Waals surface area contributed by atoms with Crippen LogP contribution < -0.4 is 0 Å². The first-order valence-corrected chi connectivity index (χ1v) is 6.61. The van der Waals surface area contributed by atoms with E-state index >= 15 is 0 Å². The Kier molecular flexibility index (Phi) is 4.38. The van der Waals surface area contributed by atoms with E-state index in [9.17, 15) is 9.50 Å². The van der Waals surface area contributed by atoms with Gasteiger partial charge in [-0.2, -0.15) is 0 Å². The molecule has 0 aliphatic rings. The second-order valence-electron chi connectivity index (χ2n) is 4.02. The fraction of sp³-hybridized carbons (Fsp3) is 0.143. The predicted molar refractivity (Wildman–Crippen MR) is 74.2 cm³/mol. The maximum Gasteiger partial charge on any atom is 0.137 e. The smallest absolute Gasteiger partial charge is 0.137 e. The molecule has 2 rings (SSSR count). The SMILES string of the molecule is OC(Cc1cccc(Cl)c1)c1ccc(F)c(Br)c1. The zero-order valence-electron chi connectivity index (χ0n) is 9.41. The third-order valence-corrected chi connectivity index (χ3v) is 3.49. The van der Waals surface area contributed by atoms with Crippen LogP contribution in [-0.2, 0) is 6.42 Å². The molecule has 0 aliphatic carbocycles. The molecule has 1 N–H and O–H groups in total. The molecule has 18 heavy (non-hydrogen) atoms. The highest BCUT2D eigenvalue weighted by molar-refractivity contribution is 9.10. The predicted octanol–water partition coefficient (Wildman–Crippen LogP) is 4.52. The van der Waals surface area contributed by atoms with E-state index in [2.05, 4.69) is 15.9 Å². The fourth-order valence-corrected chi connectivity index (χ4v) is 2.33. The van der Waals surface area contributed by atoms with Gasteiger partial charge in [0.2, 0.25) is 0 Å². The van der Waals surface area contributed by atoms with E-state index in [0.29, 0.717) is 21.5 Å². The summed E-state index contributed by atoms with van der Waals surface area (Å²) in [6.07, 6.45) is -0.237. The lowest BCUT2D eigenvalue weighted by atomic mass is 10.0. The lowest BCUT2D eigenvalue weighted by Gasteiger charge is -2.12. The first-order chi connectivity index (χ1) is 8.56. The Hall–Kier alpha value is -0.900. The van der Waals surface area contributed by atoms with Crippen molar-refractivity contribution >= 4 is 27.5 Å². The Balaban J connectivity index is 2.16. The fourth-order valence-electron chi connectivity index (χ4n) is 1.72. The quantitative estimate of drug-likeness (QED) is 0.878. The third-order valence-electron chi connectivity index (χ3n) is 2.65. The summed E-state index contributed by atoms with van der Waals surface area (Å²) in [6, 6.07) is 11.8. The van der Waals surface area contributed by atoms with Crippen LogP contribution >= 0.6 is 27.5 Å². The number of rotatable bonds is 3. The molecule has 0 amide bonds. The minimum absolute atomic E-state index is 0.339. The van der Waals surface area contributed by atoms with E-state index in [0.717, 1.165) is 5.56 Å². The monoisotopic (exact) mass is 328 g/mol. The van der Waals surface area contributed by atoms with Crippen molar-refractivity contribution in [2.45, 2.75) is 12.5 Å². The Labute approximate surface area is 118 Å². The van der Waals surface area contributed by atoms with Crippen molar-refractivity contribution in [3.63, 3.8) is 0 Å². The number of hydrogen-bond donors (Lipinski definition) is 1. The van der Waals surface area contributed by atoms with Crippen molar-refractivity contribution in [2.75, 3.05) is 0 Å². The molecule has 0 saturated carbocycles. The second-order valence-corrected chi connectivity index (χ2v) is 5.31. The Morgan fingerprint density at radius 2 is 2.00 bits per heavy atom. The molecule has 0 spiro atoms. The maximum atomic E-state index is 13.1. The molecule has 0 radical (unpaired) electrons. The van der Waals surface area contributed by atoms with E-state index in [-0.39, 0.29) is 5.82 Å². The van der Waals surface area contributed by atoms with E-state index in [1.54, 1.807) is 18.2 Å². The Morgan fingerprint density at radius 3 is 2.67 bits per heavy atom. The minimum Gasteiger partial charge on any atom is -0.388 e. The van der Waals surface area contributed by atoms with Gasteiger partial charge in [-0.05, 0) is 51.3 Å². The van der Waals surface area contributed by atoms with Gasteiger partial charge in [0.05, 0.1) is 10.6 Å². The number of aliphatic hydroxyl groups is 1. The average Bonchev–Trinajstić information content (AvgIpc) is 2.32. The molecule has 1 nitrogen and oxygen atoms in total. The van der Waals surface area contributed by atoms with Crippen molar-refractivity contribution in [3.05, 3.63) is 68.9 Å². The molecule has 0 aliphatic heterocycles. The van der Waals surface area contributed by atoms with Gasteiger partial charge in [-0.15, -0.1) is 0 Å². The molecule has 2 aromatic rings. The van der Waals surface area contributed by atoms with E-state index in [4.69, 9.17) is 11.6 Å². The van der Waals surface area contributed by atoms with E-state index in [1.807, 2.05) is 18.2 Å². The lowest BCUT2D eigenvalue weighted by Crippen LogP contribution is -2.02. The van der Waals surface area contributed by atoms with Crippen LogP contribution in [0.4, 0.5) is 4.39 Å². The summed E-state index contributed by atoms with van der Waals surface area (Å²) < 4.78 is 13.4. The van der Waals surface area contributed by atoms with Crippen molar-refractivity contribution in [1.82, 2.24) is 0 Å². The Morgan fingerprint density at radius 1 is 1.22 bits per heavy atom. The average molecular weight is 330 g/mol. The van der Waals surface area contributed by atoms with Gasteiger partial charge >= 0.3 is 0 Å². The zero-order valence-corrected chi connectivity index (χ0v) is 11.7. The minimum atomic E-state index is -0.680. The summed E-state index contributed by atoms with van der Waals surface area (Å²) in [5, 5.41) is 10.7. The van der Waals surface area contributed by atoms with Gasteiger partial charge in [0.25, 0.3) is 0 Å². The molecular formula is C14H11BrClFO. The highest BCUT2D eigenvalue weighted by atomic mass is 79.9. The van der Waals surface area contributed by atoms with E-state index < -0.39 is 6.10 Å². The molecule has 94 valence electrons. The van der Waals surface area contributed by atoms with Crippen molar-refractivity contribution in [3.8, 4) is 0 Å². The second kappa shape index (κ2) is 5.83. The molecule has 0 aromatic heterocycles. The van der Waals surface area contributed by atoms with Crippen LogP contribution in [0.1, 0.15) is 17.2 Å². The lowest BCUT2D eigenvalue weighted by molar-refractivity contribution is 0.178. The van der Waals surface area contributed by atoms with E-state index in [1.165, 1.54) is 6.07 Å². The highest BCUT2D eigenvalue weighted by Crippen LogP contribution is 2.24. The molecule has 1 unspecified atom stereocenters. The normalized spacial score (nSPS) is 12.4. The van der Waals surface area contributed by atoms with Gasteiger partial charge in [-0.3, -0.25) is 0 Å². The molecule has 2 aromatic carbocycles. The van der Waals surface area contributed by atoms with Crippen molar-refractivity contribution in [1.29, 1.82) is 0 Å². The van der Waals surface area contributed by atoms with Gasteiger partial charge in [-0.25, -0.2) is 4.39 Å². The van der Waals surface area contributed by atoms with Crippen LogP contribution in [-0.4, -0.2) is 5.11 Å². The topological polar surface area (TPSA) is 20.2 Å². The van der Waals surface area contributed by atoms with Gasteiger partial charge in [0.1, 0.15) is 5.82 Å². The first-order valence-electron chi connectivity index (χ1n) is 5.44. The van der Waals surface area contributed by atoms with Gasteiger partial charge in [0.15, 0.2) is 0 Å². The van der Waals surface area contributed by atoms with Crippen LogP contribution in [0.25, 0.3) is 0 Å². The van der Waals surface area contributed by atoms with Crippen molar-refractivity contribution < 1.29 is 9.50 Å². The van der Waals surface area contributed by atoms with Crippen LogP contribution in [0.15, 0.2) is 46.9 Å². The molecule has 0 fully saturated rings. The summed E-state index contributed by atoms with van der Waals surface area (Å²) in [5.74, 6) is -0.339. The molecule has 1 atom stereocenters. The number of benzene rings is 2. The highest BCUT2D eigenvalue weighted by Gasteiger charge is 2.11. The summed E-state index contributed by atoms with van der Waals surface area (Å²) >= 11 is 8.99. The van der Waals surface area contributed by atoms with Crippen molar-refractivity contribution in [2.24, 2.45) is 0 Å². The summed E-state index contributed by atoms with van der Waals surface area (Å²) in [7, 11) is 0. The summed E-state index contributed by atoms with van der Waals surface area (Å²) in [6.45, 7) is 0. The standard InChI is InChI=1S/C14H11BrClFO/c15-12-8-10(4-5-13(12)17)14(18)7-9-2-1-3-11(16)6-9/h1-6,8,14,18H,7H2. The molecular weight excluding hydrogens is 319 g/mol. The molecule has 0 heterocycles. The third kappa shape index (κ3) is 3.31. The van der Waals surface area contributed by atoms with Gasteiger partial charge < -0.3 is 5.11 Å². The van der Waals surface area contributed by atoms with Crippen LogP contribution in [0, 0.1) is 5.82 Å². The summed E-state index contributed by atoms with van der Waals surface area (Å²) in [5.41, 5.74) is 1.61. The zero-order chi connectivity index (χ0) is 13.1. The molecule has 0 bridgehead atoms. The van der Waals surface area contributed by atoms with Crippen LogP contribution in [0.5, 0.6) is 0 Å². The largest absolute Gasteiger partial charge is 0.388 e. The first kappa shape index (κ1) is 13.5. The summed E-state index contributed by atoms with van der Waals surface area (Å²) in [4.78, 5) is 0. The van der Waals surface area contributed by atoms with Gasteiger partial charge in [-0.1, -0.05) is 29.8 Å². The Bertz CT molecular complexity index is 559. The molecule has 0 saturated heterocycles. The number of aliphatic hydroxyl groups excluding tert-OH is 1. The van der Waals surface area contributed by atoms with Crippen LogP contribution in [0.3, 0.4) is 0 Å². The number of hydrogen-bond acceptors (Lipinski definition) is 1. The van der Waals surface area contributed by atoms with Gasteiger partial charge in [0, 0.05) is 11.4 Å². The maximum absolute atomic E-state index is 13.1.